The van der Waals surface area contributed by atoms with Gasteiger partial charge in [-0.25, -0.2) is 9.69 Å². The molecule has 1 N–H and O–H groups in total. The maximum Gasteiger partial charge on any atom is 0.355 e. The predicted octanol–water partition coefficient (Wildman–Crippen LogP) is 0.239. The number of benzene rings is 1. The number of anilines is 1. The second kappa shape index (κ2) is 5.25. The Morgan fingerprint density at radius 1 is 1.27 bits per heavy atom. The van der Waals surface area contributed by atoms with Gasteiger partial charge in [-0.1, -0.05) is 19.1 Å². The van der Waals surface area contributed by atoms with Crippen LogP contribution in [-0.4, -0.2) is 36.6 Å². The van der Waals surface area contributed by atoms with Gasteiger partial charge in [0.05, 0.1) is 12.8 Å². The van der Waals surface area contributed by atoms with Crippen molar-refractivity contribution < 1.29 is 19.1 Å². The average molecular weight is 301 g/mol. The molecule has 2 amide bonds. The summed E-state index contributed by atoms with van der Waals surface area (Å²) in [6.07, 6.45) is 0.869. The molecule has 0 aliphatic carbocycles. The van der Waals surface area contributed by atoms with E-state index in [9.17, 15) is 14.4 Å². The number of fused-ring (bicyclic) bond motifs is 1. The number of carbonyl (C=O) groups excluding carboxylic acids is 3. The number of hydrogen-bond donors (Lipinski definition) is 1. The van der Waals surface area contributed by atoms with Gasteiger partial charge in [-0.3, -0.25) is 15.0 Å². The molecule has 22 heavy (non-hydrogen) atoms. The first-order valence-electron chi connectivity index (χ1n) is 6.96. The summed E-state index contributed by atoms with van der Waals surface area (Å²) in [5, 5.41) is 3.77. The molecule has 0 saturated carbocycles. The molecular weight excluding hydrogens is 286 g/mol. The highest BCUT2D eigenvalue weighted by Gasteiger charge is 2.55. The van der Waals surface area contributed by atoms with Crippen LogP contribution in [-0.2, 0) is 25.5 Å². The summed E-state index contributed by atoms with van der Waals surface area (Å²) in [6, 6.07) is 6.35. The van der Waals surface area contributed by atoms with Crippen molar-refractivity contribution >= 4 is 29.2 Å². The number of imide groups is 1. The van der Waals surface area contributed by atoms with Crippen LogP contribution in [0, 0.1) is 5.92 Å². The van der Waals surface area contributed by atoms with Crippen molar-refractivity contribution in [3.05, 3.63) is 29.8 Å². The van der Waals surface area contributed by atoms with E-state index in [-0.39, 0.29) is 5.71 Å². The number of esters is 1. The average Bonchev–Trinajstić information content (AvgIpc) is 3.08. The number of nitrogens with one attached hydrogen (secondary N) is 1. The van der Waals surface area contributed by atoms with Crippen LogP contribution in [0.3, 0.4) is 0 Å². The number of nitrogens with zero attached hydrogens (tertiary/aromatic N) is 2. The van der Waals surface area contributed by atoms with Gasteiger partial charge in [0.15, 0.2) is 5.71 Å². The number of rotatable bonds is 3. The zero-order valence-electron chi connectivity index (χ0n) is 12.2. The van der Waals surface area contributed by atoms with Gasteiger partial charge in [0.2, 0.25) is 5.91 Å². The molecule has 0 aromatic heterocycles. The van der Waals surface area contributed by atoms with Crippen molar-refractivity contribution in [2.75, 3.05) is 12.0 Å². The van der Waals surface area contributed by atoms with Gasteiger partial charge < -0.3 is 4.74 Å². The van der Waals surface area contributed by atoms with Crippen LogP contribution in [0.15, 0.2) is 29.4 Å². The van der Waals surface area contributed by atoms with E-state index in [1.807, 2.05) is 19.1 Å². The normalized spacial score (nSPS) is 23.2. The monoisotopic (exact) mass is 301 g/mol. The summed E-state index contributed by atoms with van der Waals surface area (Å²) in [5.74, 6) is -2.51. The summed E-state index contributed by atoms with van der Waals surface area (Å²) in [7, 11) is 1.21. The maximum atomic E-state index is 12.6. The lowest BCUT2D eigenvalue weighted by Gasteiger charge is -2.15. The van der Waals surface area contributed by atoms with Gasteiger partial charge >= 0.3 is 5.97 Å². The molecule has 7 nitrogen and oxygen atoms in total. The molecule has 7 heteroatoms. The summed E-state index contributed by atoms with van der Waals surface area (Å²) in [4.78, 5) is 37.7. The largest absolute Gasteiger partial charge is 0.464 e. The van der Waals surface area contributed by atoms with Crippen molar-refractivity contribution in [3.8, 4) is 0 Å². The summed E-state index contributed by atoms with van der Waals surface area (Å²) >= 11 is 0. The molecule has 0 radical (unpaired) electrons. The Kier molecular flexibility index (Phi) is 3.40. The third kappa shape index (κ3) is 1.97. The van der Waals surface area contributed by atoms with Crippen molar-refractivity contribution in [3.63, 3.8) is 0 Å². The van der Waals surface area contributed by atoms with Gasteiger partial charge in [-0.2, -0.15) is 5.10 Å². The number of hydrazone groups is 1. The van der Waals surface area contributed by atoms with Crippen LogP contribution in [0.1, 0.15) is 12.5 Å². The molecule has 2 aliphatic rings. The Hall–Kier alpha value is -2.70. The fourth-order valence-electron chi connectivity index (χ4n) is 2.70. The van der Waals surface area contributed by atoms with E-state index >= 15 is 0 Å². The zero-order valence-corrected chi connectivity index (χ0v) is 12.2. The fraction of sp³-hybridized carbons (Fsp3) is 0.333. The highest BCUT2D eigenvalue weighted by molar-refractivity contribution is 6.46. The van der Waals surface area contributed by atoms with E-state index in [4.69, 9.17) is 0 Å². The Labute approximate surface area is 126 Å². The molecule has 0 spiro atoms. The second-order valence-electron chi connectivity index (χ2n) is 5.10. The van der Waals surface area contributed by atoms with Gasteiger partial charge in [0.1, 0.15) is 12.0 Å². The summed E-state index contributed by atoms with van der Waals surface area (Å²) in [5.41, 5.74) is 4.11. The lowest BCUT2D eigenvalue weighted by Crippen LogP contribution is -2.36. The third-order valence-corrected chi connectivity index (χ3v) is 3.92. The Morgan fingerprint density at radius 3 is 2.55 bits per heavy atom. The van der Waals surface area contributed by atoms with Gasteiger partial charge in [0.25, 0.3) is 5.91 Å². The van der Waals surface area contributed by atoms with Crippen LogP contribution in [0.5, 0.6) is 0 Å². The highest BCUT2D eigenvalue weighted by Crippen LogP contribution is 2.30. The fourth-order valence-corrected chi connectivity index (χ4v) is 2.70. The predicted molar refractivity (Wildman–Crippen MR) is 78.2 cm³/mol. The second-order valence-corrected chi connectivity index (χ2v) is 5.10. The molecule has 0 bridgehead atoms. The number of ether oxygens (including phenoxy) is 1. The van der Waals surface area contributed by atoms with Crippen LogP contribution >= 0.6 is 0 Å². The minimum Gasteiger partial charge on any atom is -0.464 e. The first-order chi connectivity index (χ1) is 10.6. The van der Waals surface area contributed by atoms with Crippen LogP contribution in [0.25, 0.3) is 0 Å². The molecule has 0 unspecified atom stereocenters. The van der Waals surface area contributed by atoms with Crippen LogP contribution in [0.4, 0.5) is 5.69 Å². The molecule has 1 fully saturated rings. The molecule has 2 aliphatic heterocycles. The van der Waals surface area contributed by atoms with E-state index in [1.165, 1.54) is 7.11 Å². The SMILES string of the molecule is CCc1ccc(N2C(=O)[C@H]3C(C(=O)OC)=NN[C@@H]3C2=O)cc1. The number of methoxy groups -OCH3 is 1. The van der Waals surface area contributed by atoms with E-state index in [2.05, 4.69) is 15.3 Å². The lowest BCUT2D eigenvalue weighted by molar-refractivity contribution is -0.133. The van der Waals surface area contributed by atoms with E-state index in [0.717, 1.165) is 16.9 Å². The molecule has 2 atom stereocenters. The third-order valence-electron chi connectivity index (χ3n) is 3.92. The molecule has 1 aromatic carbocycles. The summed E-state index contributed by atoms with van der Waals surface area (Å²) in [6.45, 7) is 2.02. The van der Waals surface area contributed by atoms with Crippen LogP contribution < -0.4 is 10.3 Å². The van der Waals surface area contributed by atoms with Crippen molar-refractivity contribution in [1.29, 1.82) is 0 Å². The zero-order chi connectivity index (χ0) is 15.9. The van der Waals surface area contributed by atoms with Crippen molar-refractivity contribution in [2.45, 2.75) is 19.4 Å². The molecule has 114 valence electrons. The quantitative estimate of drug-likeness (QED) is 0.638. The first-order valence-corrected chi connectivity index (χ1v) is 6.96. The van der Waals surface area contributed by atoms with Crippen LogP contribution in [0.2, 0.25) is 0 Å². The minimum absolute atomic E-state index is 0.0569. The molecule has 1 aromatic rings. The van der Waals surface area contributed by atoms with E-state index < -0.39 is 29.7 Å². The number of carbonyl (C=O) groups is 3. The van der Waals surface area contributed by atoms with Gasteiger partial charge in [-0.15, -0.1) is 0 Å². The maximum absolute atomic E-state index is 12.6. The van der Waals surface area contributed by atoms with Crippen molar-refractivity contribution in [2.24, 2.45) is 11.0 Å². The smallest absolute Gasteiger partial charge is 0.355 e. The molecule has 2 heterocycles. The Balaban J connectivity index is 1.92. The van der Waals surface area contributed by atoms with Gasteiger partial charge in [0, 0.05) is 0 Å². The number of amides is 2. The van der Waals surface area contributed by atoms with Gasteiger partial charge in [-0.05, 0) is 24.1 Å². The molecular formula is C15H15N3O4. The topological polar surface area (TPSA) is 88.1 Å². The Bertz CT molecular complexity index is 681. The lowest BCUT2D eigenvalue weighted by atomic mass is 9.99. The summed E-state index contributed by atoms with van der Waals surface area (Å²) < 4.78 is 4.61. The van der Waals surface area contributed by atoms with E-state index in [0.29, 0.717) is 5.69 Å². The highest BCUT2D eigenvalue weighted by atomic mass is 16.5. The standard InChI is InChI=1S/C15H15N3O4/c1-3-8-4-6-9(7-5-8)18-13(19)10-11(14(18)20)16-17-12(10)15(21)22-2/h4-7,10-11,16H,3H2,1-2H3/t10-,11+/m1/s1. The number of hydrogen-bond acceptors (Lipinski definition) is 6. The molecule has 3 rings (SSSR count). The van der Waals surface area contributed by atoms with Crippen molar-refractivity contribution in [1.82, 2.24) is 5.43 Å². The Morgan fingerprint density at radius 2 is 1.95 bits per heavy atom. The minimum atomic E-state index is -0.925. The number of aryl methyl sites for hydroxylation is 1. The first kappa shape index (κ1) is 14.2. The molecule has 1 saturated heterocycles. The van der Waals surface area contributed by atoms with E-state index in [1.54, 1.807) is 12.1 Å².